The van der Waals surface area contributed by atoms with Crippen molar-refractivity contribution in [1.29, 1.82) is 0 Å². The minimum atomic E-state index is 0.837. The van der Waals surface area contributed by atoms with E-state index in [1.165, 1.54) is 38.5 Å². The van der Waals surface area contributed by atoms with Gasteiger partial charge >= 0.3 is 0 Å². The molecular weight excluding hydrogens is 240 g/mol. The fraction of sp³-hybridized carbons (Fsp3) is 0.800. The molecular formula is C20H34. The summed E-state index contributed by atoms with van der Waals surface area (Å²) in [6.45, 7) is 14.4. The van der Waals surface area contributed by atoms with Crippen molar-refractivity contribution in [3.63, 3.8) is 0 Å². The summed E-state index contributed by atoms with van der Waals surface area (Å²) in [7, 11) is 0. The Hall–Kier alpha value is -0.520. The first-order valence-electron chi connectivity index (χ1n) is 8.77. The Balaban J connectivity index is 2.24. The minimum absolute atomic E-state index is 0.837. The topological polar surface area (TPSA) is 0 Å². The first-order valence-corrected chi connectivity index (χ1v) is 8.77. The van der Waals surface area contributed by atoms with E-state index in [1.54, 1.807) is 22.3 Å². The second kappa shape index (κ2) is 6.50. The number of hydrogen-bond acceptors (Lipinski definition) is 0. The van der Waals surface area contributed by atoms with Crippen LogP contribution >= 0.6 is 0 Å². The van der Waals surface area contributed by atoms with Crippen LogP contribution in [0.1, 0.15) is 80.1 Å². The van der Waals surface area contributed by atoms with E-state index in [4.69, 9.17) is 0 Å². The van der Waals surface area contributed by atoms with Crippen molar-refractivity contribution in [1.82, 2.24) is 0 Å². The molecule has 0 heterocycles. The van der Waals surface area contributed by atoms with Crippen LogP contribution in [0.15, 0.2) is 22.3 Å². The predicted molar refractivity (Wildman–Crippen MR) is 89.8 cm³/mol. The predicted octanol–water partition coefficient (Wildman–Crippen LogP) is 6.53. The third-order valence-electron chi connectivity index (χ3n) is 5.99. The van der Waals surface area contributed by atoms with E-state index in [-0.39, 0.29) is 0 Å². The van der Waals surface area contributed by atoms with Gasteiger partial charge in [-0.3, -0.25) is 0 Å². The largest absolute Gasteiger partial charge is 0.0698 e. The molecule has 2 atom stereocenters. The van der Waals surface area contributed by atoms with E-state index in [9.17, 15) is 0 Å². The van der Waals surface area contributed by atoms with Crippen LogP contribution in [0.2, 0.25) is 0 Å². The molecule has 0 amide bonds. The average molecular weight is 274 g/mol. The van der Waals surface area contributed by atoms with Crippen LogP contribution in [-0.2, 0) is 0 Å². The van der Waals surface area contributed by atoms with Gasteiger partial charge in [0.1, 0.15) is 0 Å². The molecule has 20 heavy (non-hydrogen) atoms. The lowest BCUT2D eigenvalue weighted by Gasteiger charge is -2.35. The molecule has 0 fully saturated rings. The number of rotatable bonds is 3. The fourth-order valence-electron chi connectivity index (χ4n) is 4.08. The van der Waals surface area contributed by atoms with Gasteiger partial charge in [0, 0.05) is 0 Å². The van der Waals surface area contributed by atoms with Gasteiger partial charge in [0.05, 0.1) is 0 Å². The smallest absolute Gasteiger partial charge is 0.0246 e. The van der Waals surface area contributed by atoms with Crippen molar-refractivity contribution in [3.8, 4) is 0 Å². The molecule has 0 spiro atoms. The summed E-state index contributed by atoms with van der Waals surface area (Å²) in [6.07, 6.45) is 8.18. The first-order chi connectivity index (χ1) is 9.40. The molecule has 0 saturated carbocycles. The molecule has 0 aliphatic heterocycles. The zero-order valence-electron chi connectivity index (χ0n) is 14.6. The van der Waals surface area contributed by atoms with Crippen molar-refractivity contribution in [3.05, 3.63) is 22.3 Å². The van der Waals surface area contributed by atoms with E-state index in [0.717, 1.165) is 23.7 Å². The zero-order chi connectivity index (χ0) is 14.9. The number of hydrogen-bond donors (Lipinski definition) is 0. The molecule has 0 radical (unpaired) electrons. The van der Waals surface area contributed by atoms with Crippen molar-refractivity contribution >= 4 is 0 Å². The van der Waals surface area contributed by atoms with Gasteiger partial charge in [-0.15, -0.1) is 0 Å². The Morgan fingerprint density at radius 3 is 1.35 bits per heavy atom. The van der Waals surface area contributed by atoms with Gasteiger partial charge in [-0.2, -0.15) is 0 Å². The SMILES string of the molecule is CC1=C(C2=C(C)CCC(C(C)C)C2)CC(C(C)C)CC1. The highest BCUT2D eigenvalue weighted by Gasteiger charge is 2.28. The summed E-state index contributed by atoms with van der Waals surface area (Å²) in [6, 6.07) is 0. The summed E-state index contributed by atoms with van der Waals surface area (Å²) in [5.41, 5.74) is 6.91. The average Bonchev–Trinajstić information content (AvgIpc) is 2.39. The third-order valence-corrected chi connectivity index (χ3v) is 5.99. The van der Waals surface area contributed by atoms with Crippen LogP contribution in [0.4, 0.5) is 0 Å². The van der Waals surface area contributed by atoms with Crippen LogP contribution in [0.25, 0.3) is 0 Å². The maximum absolute atomic E-state index is 2.40. The molecule has 0 bridgehead atoms. The third kappa shape index (κ3) is 3.38. The lowest BCUT2D eigenvalue weighted by molar-refractivity contribution is 0.324. The molecule has 2 unspecified atom stereocenters. The fourth-order valence-corrected chi connectivity index (χ4v) is 4.08. The van der Waals surface area contributed by atoms with Crippen LogP contribution in [-0.4, -0.2) is 0 Å². The Kier molecular flexibility index (Phi) is 5.15. The summed E-state index contributed by atoms with van der Waals surface area (Å²) >= 11 is 0. The van der Waals surface area contributed by atoms with Crippen LogP contribution < -0.4 is 0 Å². The molecule has 2 rings (SSSR count). The number of allylic oxidation sites excluding steroid dienone is 4. The molecule has 0 N–H and O–H groups in total. The van der Waals surface area contributed by atoms with E-state index < -0.39 is 0 Å². The van der Waals surface area contributed by atoms with Gasteiger partial charge in [0.2, 0.25) is 0 Å². The molecule has 0 aromatic heterocycles. The summed E-state index contributed by atoms with van der Waals surface area (Å²) in [5.74, 6) is 3.49. The van der Waals surface area contributed by atoms with Gasteiger partial charge < -0.3 is 0 Å². The monoisotopic (exact) mass is 274 g/mol. The summed E-state index contributed by atoms with van der Waals surface area (Å²) < 4.78 is 0. The standard InChI is InChI=1S/C20H34/c1-13(2)17-9-7-15(5)19(11-17)20-12-18(14(3)4)10-8-16(20)6/h13-14,17-18H,7-12H2,1-6H3. The molecule has 2 aliphatic rings. The Morgan fingerprint density at radius 2 is 1.05 bits per heavy atom. The lowest BCUT2D eigenvalue weighted by Crippen LogP contribution is -2.21. The maximum Gasteiger partial charge on any atom is -0.0246 e. The molecule has 0 aromatic carbocycles. The van der Waals surface area contributed by atoms with Gasteiger partial charge in [0.25, 0.3) is 0 Å². The molecule has 114 valence electrons. The van der Waals surface area contributed by atoms with Gasteiger partial charge in [-0.05, 0) is 87.2 Å². The molecule has 2 aliphatic carbocycles. The highest BCUT2D eigenvalue weighted by molar-refractivity contribution is 5.41. The second-order valence-corrected chi connectivity index (χ2v) is 8.01. The Bertz CT molecular complexity index is 366. The quantitative estimate of drug-likeness (QED) is 0.548. The van der Waals surface area contributed by atoms with Crippen LogP contribution in [0, 0.1) is 23.7 Å². The Morgan fingerprint density at radius 1 is 0.700 bits per heavy atom. The van der Waals surface area contributed by atoms with Crippen molar-refractivity contribution in [2.75, 3.05) is 0 Å². The van der Waals surface area contributed by atoms with E-state index >= 15 is 0 Å². The molecule has 0 saturated heterocycles. The zero-order valence-corrected chi connectivity index (χ0v) is 14.6. The highest BCUT2D eigenvalue weighted by atomic mass is 14.3. The van der Waals surface area contributed by atoms with Gasteiger partial charge in [-0.25, -0.2) is 0 Å². The van der Waals surface area contributed by atoms with Crippen molar-refractivity contribution in [2.45, 2.75) is 80.1 Å². The van der Waals surface area contributed by atoms with E-state index in [1.807, 2.05) is 0 Å². The maximum atomic E-state index is 2.40. The second-order valence-electron chi connectivity index (χ2n) is 8.01. The van der Waals surface area contributed by atoms with E-state index in [2.05, 4.69) is 41.5 Å². The first kappa shape index (κ1) is 15.9. The molecule has 0 aromatic rings. The summed E-state index contributed by atoms with van der Waals surface area (Å²) in [4.78, 5) is 0. The van der Waals surface area contributed by atoms with E-state index in [0.29, 0.717) is 0 Å². The van der Waals surface area contributed by atoms with Crippen LogP contribution in [0.3, 0.4) is 0 Å². The van der Waals surface area contributed by atoms with Gasteiger partial charge in [0.15, 0.2) is 0 Å². The lowest BCUT2D eigenvalue weighted by atomic mass is 9.70. The van der Waals surface area contributed by atoms with Gasteiger partial charge in [-0.1, -0.05) is 38.8 Å². The molecule has 0 nitrogen and oxygen atoms in total. The normalized spacial score (nSPS) is 28.8. The highest BCUT2D eigenvalue weighted by Crippen LogP contribution is 2.43. The minimum Gasteiger partial charge on any atom is -0.0698 e. The Labute approximate surface area is 126 Å². The van der Waals surface area contributed by atoms with Crippen molar-refractivity contribution < 1.29 is 0 Å². The molecule has 0 heteroatoms. The summed E-state index contributed by atoms with van der Waals surface area (Å²) in [5, 5.41) is 0. The van der Waals surface area contributed by atoms with Crippen LogP contribution in [0.5, 0.6) is 0 Å². The van der Waals surface area contributed by atoms with Crippen molar-refractivity contribution in [2.24, 2.45) is 23.7 Å².